The van der Waals surface area contributed by atoms with E-state index < -0.39 is 0 Å². The average molecular weight is 234 g/mol. The zero-order chi connectivity index (χ0) is 12.1. The van der Waals surface area contributed by atoms with Crippen molar-refractivity contribution in [1.82, 2.24) is 9.88 Å². The molecule has 0 bridgehead atoms. The number of pyridine rings is 1. The minimum absolute atomic E-state index is 0.187. The van der Waals surface area contributed by atoms with E-state index in [9.17, 15) is 4.79 Å². The number of carbonyl (C=O) groups is 1. The van der Waals surface area contributed by atoms with Crippen LogP contribution in [0.2, 0.25) is 0 Å². The Morgan fingerprint density at radius 2 is 2.24 bits per heavy atom. The highest BCUT2D eigenvalue weighted by Gasteiger charge is 2.31. The van der Waals surface area contributed by atoms with Crippen LogP contribution in [0.1, 0.15) is 31.5 Å². The van der Waals surface area contributed by atoms with Crippen LogP contribution in [0, 0.1) is 0 Å². The molecule has 1 fully saturated rings. The Hall–Kier alpha value is -1.42. The topological polar surface area (TPSA) is 42.4 Å². The summed E-state index contributed by atoms with van der Waals surface area (Å²) < 4.78 is 5.15. The first-order valence-corrected chi connectivity index (χ1v) is 6.14. The molecule has 0 aromatic carbocycles. The van der Waals surface area contributed by atoms with E-state index in [1.165, 1.54) is 0 Å². The molecular formula is C13H18N2O2. The fourth-order valence-electron chi connectivity index (χ4n) is 2.22. The largest absolute Gasteiger partial charge is 0.465 e. The van der Waals surface area contributed by atoms with Gasteiger partial charge in [0, 0.05) is 6.20 Å². The fourth-order valence-corrected chi connectivity index (χ4v) is 2.22. The molecule has 92 valence electrons. The zero-order valence-corrected chi connectivity index (χ0v) is 10.1. The molecule has 1 aliphatic rings. The third-order valence-corrected chi connectivity index (χ3v) is 2.98. The Labute approximate surface area is 102 Å². The van der Waals surface area contributed by atoms with E-state index in [-0.39, 0.29) is 12.0 Å². The van der Waals surface area contributed by atoms with E-state index in [0.29, 0.717) is 6.61 Å². The van der Waals surface area contributed by atoms with E-state index in [4.69, 9.17) is 4.74 Å². The zero-order valence-electron chi connectivity index (χ0n) is 10.1. The average Bonchev–Trinajstić information content (AvgIpc) is 2.85. The van der Waals surface area contributed by atoms with Gasteiger partial charge in [-0.05, 0) is 45.0 Å². The Morgan fingerprint density at radius 3 is 2.82 bits per heavy atom. The number of likely N-dealkylation sites (tertiary alicyclic amines) is 1. The normalized spacial score (nSPS) is 17.9. The molecule has 1 unspecified atom stereocenters. The maximum atomic E-state index is 12.0. The quantitative estimate of drug-likeness (QED) is 0.745. The van der Waals surface area contributed by atoms with Crippen molar-refractivity contribution in [3.63, 3.8) is 0 Å². The van der Waals surface area contributed by atoms with Crippen LogP contribution >= 0.6 is 0 Å². The molecule has 4 nitrogen and oxygen atoms in total. The van der Waals surface area contributed by atoms with E-state index in [2.05, 4.69) is 9.88 Å². The van der Waals surface area contributed by atoms with Crippen LogP contribution in [0.15, 0.2) is 24.4 Å². The second-order valence-electron chi connectivity index (χ2n) is 4.15. The monoisotopic (exact) mass is 234 g/mol. The molecule has 0 aliphatic carbocycles. The van der Waals surface area contributed by atoms with Crippen molar-refractivity contribution in [2.45, 2.75) is 25.8 Å². The van der Waals surface area contributed by atoms with Gasteiger partial charge < -0.3 is 4.74 Å². The van der Waals surface area contributed by atoms with Crippen molar-refractivity contribution in [2.24, 2.45) is 0 Å². The summed E-state index contributed by atoms with van der Waals surface area (Å²) in [6.07, 6.45) is 4.00. The van der Waals surface area contributed by atoms with E-state index in [1.807, 2.05) is 25.1 Å². The van der Waals surface area contributed by atoms with Crippen molar-refractivity contribution >= 4 is 5.97 Å². The van der Waals surface area contributed by atoms with Gasteiger partial charge in [0.1, 0.15) is 0 Å². The number of aromatic nitrogens is 1. The van der Waals surface area contributed by atoms with E-state index in [0.717, 1.165) is 31.6 Å². The Morgan fingerprint density at radius 1 is 1.47 bits per heavy atom. The molecular weight excluding hydrogens is 216 g/mol. The van der Waals surface area contributed by atoms with Gasteiger partial charge in [-0.25, -0.2) is 4.79 Å². The minimum Gasteiger partial charge on any atom is -0.465 e. The second-order valence-corrected chi connectivity index (χ2v) is 4.15. The SMILES string of the molecule is CCOC(=O)C(c1ccccn1)N1CCCC1. The van der Waals surface area contributed by atoms with Crippen molar-refractivity contribution in [3.8, 4) is 0 Å². The van der Waals surface area contributed by atoms with Crippen LogP contribution in [-0.4, -0.2) is 35.5 Å². The Kier molecular flexibility index (Phi) is 4.09. The van der Waals surface area contributed by atoms with Crippen molar-refractivity contribution < 1.29 is 9.53 Å². The molecule has 2 rings (SSSR count). The lowest BCUT2D eigenvalue weighted by Gasteiger charge is -2.24. The lowest BCUT2D eigenvalue weighted by molar-refractivity contribution is -0.149. The summed E-state index contributed by atoms with van der Waals surface area (Å²) in [4.78, 5) is 18.5. The summed E-state index contributed by atoms with van der Waals surface area (Å²) in [6, 6.07) is 5.32. The number of esters is 1. The highest BCUT2D eigenvalue weighted by molar-refractivity contribution is 5.77. The molecule has 0 spiro atoms. The molecule has 0 N–H and O–H groups in total. The van der Waals surface area contributed by atoms with Crippen LogP contribution < -0.4 is 0 Å². The van der Waals surface area contributed by atoms with Gasteiger partial charge in [-0.2, -0.15) is 0 Å². The lowest BCUT2D eigenvalue weighted by atomic mass is 10.1. The maximum absolute atomic E-state index is 12.0. The van der Waals surface area contributed by atoms with Gasteiger partial charge in [-0.1, -0.05) is 6.07 Å². The summed E-state index contributed by atoms with van der Waals surface area (Å²) in [5, 5.41) is 0. The molecule has 0 saturated carbocycles. The molecule has 0 amide bonds. The predicted octanol–water partition coefficient (Wildman–Crippen LogP) is 1.78. The summed E-state index contributed by atoms with van der Waals surface area (Å²) in [6.45, 7) is 4.13. The number of ether oxygens (including phenoxy) is 1. The van der Waals surface area contributed by atoms with Crippen molar-refractivity contribution in [2.75, 3.05) is 19.7 Å². The van der Waals surface area contributed by atoms with E-state index >= 15 is 0 Å². The van der Waals surface area contributed by atoms with Gasteiger partial charge in [0.05, 0.1) is 12.3 Å². The third-order valence-electron chi connectivity index (χ3n) is 2.98. The molecule has 17 heavy (non-hydrogen) atoms. The van der Waals surface area contributed by atoms with Gasteiger partial charge in [0.15, 0.2) is 6.04 Å². The number of nitrogens with zero attached hydrogens (tertiary/aromatic N) is 2. The smallest absolute Gasteiger partial charge is 0.329 e. The molecule has 1 aliphatic heterocycles. The van der Waals surface area contributed by atoms with Crippen molar-refractivity contribution in [1.29, 1.82) is 0 Å². The van der Waals surface area contributed by atoms with Gasteiger partial charge in [-0.3, -0.25) is 9.88 Å². The molecule has 1 atom stereocenters. The van der Waals surface area contributed by atoms with Crippen LogP contribution in [0.25, 0.3) is 0 Å². The summed E-state index contributed by atoms with van der Waals surface area (Å²) in [5.41, 5.74) is 0.785. The third kappa shape index (κ3) is 2.82. The molecule has 1 aromatic rings. The van der Waals surface area contributed by atoms with Gasteiger partial charge in [-0.15, -0.1) is 0 Å². The Bertz CT molecular complexity index is 361. The van der Waals surface area contributed by atoms with Crippen LogP contribution in [0.4, 0.5) is 0 Å². The van der Waals surface area contributed by atoms with Crippen LogP contribution in [0.5, 0.6) is 0 Å². The summed E-state index contributed by atoms with van der Waals surface area (Å²) >= 11 is 0. The van der Waals surface area contributed by atoms with Crippen molar-refractivity contribution in [3.05, 3.63) is 30.1 Å². The number of hydrogen-bond acceptors (Lipinski definition) is 4. The number of hydrogen-bond donors (Lipinski definition) is 0. The maximum Gasteiger partial charge on any atom is 0.329 e. The van der Waals surface area contributed by atoms with Crippen LogP contribution in [0.3, 0.4) is 0 Å². The first kappa shape index (κ1) is 12.0. The highest BCUT2D eigenvalue weighted by atomic mass is 16.5. The first-order chi connectivity index (χ1) is 8.33. The molecule has 4 heteroatoms. The number of rotatable bonds is 4. The number of carbonyl (C=O) groups excluding carboxylic acids is 1. The highest BCUT2D eigenvalue weighted by Crippen LogP contribution is 2.24. The van der Waals surface area contributed by atoms with Crippen LogP contribution in [-0.2, 0) is 9.53 Å². The summed E-state index contributed by atoms with van der Waals surface area (Å²) in [7, 11) is 0. The van der Waals surface area contributed by atoms with Gasteiger partial charge in [0.2, 0.25) is 0 Å². The molecule has 0 radical (unpaired) electrons. The van der Waals surface area contributed by atoms with E-state index in [1.54, 1.807) is 6.20 Å². The molecule has 2 heterocycles. The predicted molar refractivity (Wildman–Crippen MR) is 64.4 cm³/mol. The minimum atomic E-state index is -0.335. The second kappa shape index (κ2) is 5.77. The van der Waals surface area contributed by atoms with Gasteiger partial charge in [0.25, 0.3) is 0 Å². The lowest BCUT2D eigenvalue weighted by Crippen LogP contribution is -2.33. The molecule has 1 saturated heterocycles. The molecule has 1 aromatic heterocycles. The fraction of sp³-hybridized carbons (Fsp3) is 0.538. The van der Waals surface area contributed by atoms with Gasteiger partial charge >= 0.3 is 5.97 Å². The Balaban J connectivity index is 2.20. The standard InChI is InChI=1S/C13H18N2O2/c1-2-17-13(16)12(15-9-5-6-10-15)11-7-3-4-8-14-11/h3-4,7-8,12H,2,5-6,9-10H2,1H3. The first-order valence-electron chi connectivity index (χ1n) is 6.14. The summed E-state index contributed by atoms with van der Waals surface area (Å²) in [5.74, 6) is -0.187.